The molecule has 1 amide bonds. The molecule has 0 spiro atoms. The maximum atomic E-state index is 14.2. The van der Waals surface area contributed by atoms with Crippen LogP contribution < -0.4 is 4.74 Å². The molecule has 204 valence electrons. The highest BCUT2D eigenvalue weighted by Crippen LogP contribution is 2.35. The third-order valence-corrected chi connectivity index (χ3v) is 6.31. The van der Waals surface area contributed by atoms with Crippen LogP contribution in [0.3, 0.4) is 0 Å². The summed E-state index contributed by atoms with van der Waals surface area (Å²) in [5.74, 6) is -3.63. The number of halogens is 4. The van der Waals surface area contributed by atoms with Crippen molar-refractivity contribution in [1.82, 2.24) is 15.0 Å². The summed E-state index contributed by atoms with van der Waals surface area (Å²) in [6.07, 6.45) is -2.11. The molecule has 0 saturated carbocycles. The normalized spacial score (nSPS) is 15.2. The van der Waals surface area contributed by atoms with E-state index in [1.54, 1.807) is 42.7 Å². The first-order valence-electron chi connectivity index (χ1n) is 12.1. The quantitative estimate of drug-likeness (QED) is 0.287. The minimum absolute atomic E-state index is 0.228. The number of carboxylic acids is 1. The van der Waals surface area contributed by atoms with Gasteiger partial charge in [0, 0.05) is 25.2 Å². The van der Waals surface area contributed by atoms with Gasteiger partial charge in [-0.15, -0.1) is 13.2 Å². The SMILES string of the molecule is O=C(O)CCC(=O)N1N=C(c2ccc(-c3ccc(OC(F)(F)F)c(F)c3)cc2)CC1c1ccc2nccnc2c1. The van der Waals surface area contributed by atoms with Crippen LogP contribution in [0.15, 0.2) is 78.2 Å². The molecule has 1 unspecified atom stereocenters. The standard InChI is InChI=1S/C28H20F4N4O4/c29-20-13-18(6-8-25(20)40-28(30,31)32)16-1-3-17(4-2-16)22-15-24(36(35-22)26(37)9-10-27(38)39)19-5-7-21-23(14-19)34-12-11-33-21/h1-8,11-14,24H,9-10,15H2,(H,38,39). The number of carbonyl (C=O) groups is 2. The van der Waals surface area contributed by atoms with Crippen molar-refractivity contribution >= 4 is 28.6 Å². The summed E-state index contributed by atoms with van der Waals surface area (Å²) < 4.78 is 55.2. The van der Waals surface area contributed by atoms with Gasteiger partial charge in [-0.2, -0.15) is 5.10 Å². The van der Waals surface area contributed by atoms with Crippen molar-refractivity contribution in [3.63, 3.8) is 0 Å². The van der Waals surface area contributed by atoms with Crippen molar-refractivity contribution in [3.05, 3.63) is 90.0 Å². The number of benzene rings is 3. The zero-order chi connectivity index (χ0) is 28.4. The summed E-state index contributed by atoms with van der Waals surface area (Å²) in [4.78, 5) is 32.6. The number of rotatable bonds is 7. The highest BCUT2D eigenvalue weighted by molar-refractivity contribution is 6.03. The van der Waals surface area contributed by atoms with E-state index in [4.69, 9.17) is 5.11 Å². The first-order chi connectivity index (χ1) is 19.1. The average molecular weight is 552 g/mol. The molecule has 0 radical (unpaired) electrons. The number of aromatic nitrogens is 2. The van der Waals surface area contributed by atoms with Crippen molar-refractivity contribution < 1.29 is 37.0 Å². The molecule has 0 saturated heterocycles. The van der Waals surface area contributed by atoms with E-state index in [1.165, 1.54) is 11.1 Å². The summed E-state index contributed by atoms with van der Waals surface area (Å²) in [5, 5.41) is 14.9. The van der Waals surface area contributed by atoms with Crippen LogP contribution in [0, 0.1) is 5.82 Å². The smallest absolute Gasteiger partial charge is 0.481 e. The third-order valence-electron chi connectivity index (χ3n) is 6.31. The maximum absolute atomic E-state index is 14.2. The molecule has 5 rings (SSSR count). The van der Waals surface area contributed by atoms with E-state index < -0.39 is 35.8 Å². The van der Waals surface area contributed by atoms with Crippen LogP contribution in [0.4, 0.5) is 17.6 Å². The van der Waals surface area contributed by atoms with E-state index in [2.05, 4.69) is 19.8 Å². The largest absolute Gasteiger partial charge is 0.573 e. The van der Waals surface area contributed by atoms with Crippen molar-refractivity contribution in [2.75, 3.05) is 0 Å². The fourth-order valence-corrected chi connectivity index (χ4v) is 4.43. The predicted octanol–water partition coefficient (Wildman–Crippen LogP) is 5.88. The van der Waals surface area contributed by atoms with Gasteiger partial charge in [-0.1, -0.05) is 36.4 Å². The molecule has 40 heavy (non-hydrogen) atoms. The Hall–Kier alpha value is -4.87. The number of hydrazone groups is 1. The maximum Gasteiger partial charge on any atom is 0.573 e. The molecule has 4 aromatic rings. The number of ether oxygens (including phenoxy) is 1. The Morgan fingerprint density at radius 3 is 2.25 bits per heavy atom. The Labute approximate surface area is 224 Å². The minimum atomic E-state index is -5.01. The predicted molar refractivity (Wildman–Crippen MR) is 136 cm³/mol. The summed E-state index contributed by atoms with van der Waals surface area (Å²) in [7, 11) is 0. The Bertz CT molecular complexity index is 1620. The molecule has 1 N–H and O–H groups in total. The van der Waals surface area contributed by atoms with Crippen LogP contribution in [0.2, 0.25) is 0 Å². The number of amides is 1. The molecule has 3 aromatic carbocycles. The molecular formula is C28H20F4N4O4. The van der Waals surface area contributed by atoms with Crippen molar-refractivity contribution in [2.24, 2.45) is 5.10 Å². The molecule has 1 aliphatic rings. The molecule has 1 aromatic heterocycles. The lowest BCUT2D eigenvalue weighted by molar-refractivity contribution is -0.275. The molecule has 0 aliphatic carbocycles. The number of carboxylic acid groups (broad SMARTS) is 1. The lowest BCUT2D eigenvalue weighted by Crippen LogP contribution is -2.27. The van der Waals surface area contributed by atoms with Crippen LogP contribution >= 0.6 is 0 Å². The van der Waals surface area contributed by atoms with Crippen molar-refractivity contribution in [3.8, 4) is 16.9 Å². The van der Waals surface area contributed by atoms with Gasteiger partial charge < -0.3 is 9.84 Å². The van der Waals surface area contributed by atoms with E-state index >= 15 is 0 Å². The average Bonchev–Trinajstić information content (AvgIpc) is 3.38. The van der Waals surface area contributed by atoms with Gasteiger partial charge in [0.05, 0.1) is 29.2 Å². The van der Waals surface area contributed by atoms with E-state index in [-0.39, 0.29) is 12.8 Å². The molecule has 2 heterocycles. The summed E-state index contributed by atoms with van der Waals surface area (Å²) >= 11 is 0. The van der Waals surface area contributed by atoms with Crippen LogP contribution in [0.25, 0.3) is 22.2 Å². The van der Waals surface area contributed by atoms with Crippen LogP contribution in [0.5, 0.6) is 5.75 Å². The van der Waals surface area contributed by atoms with Gasteiger partial charge in [-0.25, -0.2) is 9.40 Å². The van der Waals surface area contributed by atoms with E-state index in [9.17, 15) is 27.2 Å². The van der Waals surface area contributed by atoms with Gasteiger partial charge in [0.2, 0.25) is 5.91 Å². The number of fused-ring (bicyclic) bond motifs is 1. The van der Waals surface area contributed by atoms with Crippen molar-refractivity contribution in [1.29, 1.82) is 0 Å². The summed E-state index contributed by atoms with van der Waals surface area (Å²) in [6, 6.07) is 14.8. The molecular weight excluding hydrogens is 532 g/mol. The molecule has 12 heteroatoms. The second kappa shape index (κ2) is 10.7. The highest BCUT2D eigenvalue weighted by atomic mass is 19.4. The van der Waals surface area contributed by atoms with Crippen LogP contribution in [0.1, 0.15) is 36.4 Å². The zero-order valence-electron chi connectivity index (χ0n) is 20.6. The second-order valence-corrected chi connectivity index (χ2v) is 8.97. The number of nitrogens with zero attached hydrogens (tertiary/aromatic N) is 4. The van der Waals surface area contributed by atoms with E-state index in [0.29, 0.717) is 39.9 Å². The Morgan fingerprint density at radius 2 is 1.57 bits per heavy atom. The number of hydrogen-bond donors (Lipinski definition) is 1. The summed E-state index contributed by atoms with van der Waals surface area (Å²) in [5.41, 5.74) is 4.18. The second-order valence-electron chi connectivity index (χ2n) is 8.97. The van der Waals surface area contributed by atoms with Gasteiger partial charge >= 0.3 is 12.3 Å². The molecule has 0 fully saturated rings. The van der Waals surface area contributed by atoms with Gasteiger partial charge in [0.15, 0.2) is 11.6 Å². The van der Waals surface area contributed by atoms with Crippen molar-refractivity contribution in [2.45, 2.75) is 31.7 Å². The van der Waals surface area contributed by atoms with Gasteiger partial charge in [0.1, 0.15) is 0 Å². The molecule has 0 bridgehead atoms. The van der Waals surface area contributed by atoms with Gasteiger partial charge in [0.25, 0.3) is 0 Å². The van der Waals surface area contributed by atoms with Crippen LogP contribution in [-0.4, -0.2) is 44.0 Å². The number of aliphatic carboxylic acids is 1. The number of carbonyl (C=O) groups excluding carboxylic acids is 1. The Kier molecular flexibility index (Phi) is 7.16. The fourth-order valence-electron chi connectivity index (χ4n) is 4.43. The first kappa shape index (κ1) is 26.7. The monoisotopic (exact) mass is 552 g/mol. The Balaban J connectivity index is 1.41. The number of hydrogen-bond acceptors (Lipinski definition) is 6. The highest BCUT2D eigenvalue weighted by Gasteiger charge is 2.34. The number of alkyl halides is 3. The lowest BCUT2D eigenvalue weighted by Gasteiger charge is -2.22. The molecule has 1 atom stereocenters. The fraction of sp³-hybridized carbons (Fsp3) is 0.179. The topological polar surface area (TPSA) is 105 Å². The third kappa shape index (κ3) is 5.90. The first-order valence-corrected chi connectivity index (χ1v) is 12.1. The Morgan fingerprint density at radius 1 is 0.900 bits per heavy atom. The van der Waals surface area contributed by atoms with Gasteiger partial charge in [-0.3, -0.25) is 19.6 Å². The lowest BCUT2D eigenvalue weighted by atomic mass is 9.96. The summed E-state index contributed by atoms with van der Waals surface area (Å²) in [6.45, 7) is 0. The van der Waals surface area contributed by atoms with E-state index in [0.717, 1.165) is 17.7 Å². The zero-order valence-corrected chi connectivity index (χ0v) is 20.6. The molecule has 1 aliphatic heterocycles. The molecule has 8 nitrogen and oxygen atoms in total. The minimum Gasteiger partial charge on any atom is -0.481 e. The van der Waals surface area contributed by atoms with Crippen LogP contribution in [-0.2, 0) is 9.59 Å². The van der Waals surface area contributed by atoms with E-state index in [1.807, 2.05) is 12.1 Å². The van der Waals surface area contributed by atoms with Gasteiger partial charge in [-0.05, 0) is 46.5 Å².